The highest BCUT2D eigenvalue weighted by atomic mass is 14.7. The third-order valence-corrected chi connectivity index (χ3v) is 8.21. The van der Waals surface area contributed by atoms with E-state index in [0.717, 1.165) is 36.1 Å². The van der Waals surface area contributed by atoms with Crippen LogP contribution in [0, 0.1) is 40.4 Å². The quantitative estimate of drug-likeness (QED) is 0.739. The summed E-state index contributed by atoms with van der Waals surface area (Å²) in [6, 6.07) is 0. The number of hydrogen-bond acceptors (Lipinski definition) is 1. The largest absolute Gasteiger partial charge is 0.330 e. The molecule has 0 aromatic heterocycles. The van der Waals surface area contributed by atoms with Crippen LogP contribution in [0.25, 0.3) is 0 Å². The van der Waals surface area contributed by atoms with Gasteiger partial charge in [0.1, 0.15) is 0 Å². The normalized spacial score (nSPS) is 50.6. The van der Waals surface area contributed by atoms with Gasteiger partial charge >= 0.3 is 0 Å². The Morgan fingerprint density at radius 3 is 2.48 bits per heavy atom. The lowest BCUT2D eigenvalue weighted by Crippen LogP contribution is -2.55. The van der Waals surface area contributed by atoms with Crippen molar-refractivity contribution in [2.24, 2.45) is 46.2 Å². The third-order valence-electron chi connectivity index (χ3n) is 8.21. The first kappa shape index (κ1) is 15.8. The fourth-order valence-corrected chi connectivity index (χ4v) is 6.86. The van der Waals surface area contributed by atoms with E-state index >= 15 is 0 Å². The zero-order valence-corrected chi connectivity index (χ0v) is 14.8. The first-order valence-corrected chi connectivity index (χ1v) is 9.61. The molecule has 0 amide bonds. The molecule has 0 heterocycles. The Labute approximate surface area is 132 Å². The molecule has 2 N–H and O–H groups in total. The van der Waals surface area contributed by atoms with Gasteiger partial charge in [-0.1, -0.05) is 34.1 Å². The smallest absolute Gasteiger partial charge is 0.00203 e. The van der Waals surface area contributed by atoms with Crippen molar-refractivity contribution in [3.05, 3.63) is 0 Å². The van der Waals surface area contributed by atoms with Crippen LogP contribution in [0.3, 0.4) is 0 Å². The Kier molecular flexibility index (Phi) is 4.19. The van der Waals surface area contributed by atoms with E-state index in [-0.39, 0.29) is 0 Å². The van der Waals surface area contributed by atoms with Crippen LogP contribution in [0.1, 0.15) is 79.1 Å². The van der Waals surface area contributed by atoms with Crippen molar-refractivity contribution >= 4 is 0 Å². The molecule has 1 heteroatoms. The van der Waals surface area contributed by atoms with Gasteiger partial charge in [0.2, 0.25) is 0 Å². The third kappa shape index (κ3) is 2.48. The van der Waals surface area contributed by atoms with Crippen LogP contribution < -0.4 is 5.73 Å². The van der Waals surface area contributed by atoms with Crippen molar-refractivity contribution in [1.82, 2.24) is 0 Å². The molecule has 0 saturated heterocycles. The van der Waals surface area contributed by atoms with Crippen molar-refractivity contribution in [2.45, 2.75) is 79.1 Å². The molecule has 0 spiro atoms. The predicted octanol–water partition coefficient (Wildman–Crippen LogP) is 5.24. The fourth-order valence-electron chi connectivity index (χ4n) is 6.86. The summed E-state index contributed by atoms with van der Waals surface area (Å²) >= 11 is 0. The Morgan fingerprint density at radius 1 is 1.05 bits per heavy atom. The zero-order chi connectivity index (χ0) is 15.3. The van der Waals surface area contributed by atoms with Crippen molar-refractivity contribution < 1.29 is 0 Å². The maximum atomic E-state index is 6.23. The van der Waals surface area contributed by atoms with Gasteiger partial charge in [-0.3, -0.25) is 0 Å². The molecule has 3 rings (SSSR count). The van der Waals surface area contributed by atoms with E-state index in [9.17, 15) is 0 Å². The molecule has 0 aromatic rings. The molecular formula is C20H37N. The Hall–Kier alpha value is -0.0400. The highest BCUT2D eigenvalue weighted by Crippen LogP contribution is 2.64. The molecule has 0 aromatic carbocycles. The summed E-state index contributed by atoms with van der Waals surface area (Å²) in [5.41, 5.74) is 7.25. The molecule has 6 atom stereocenters. The molecule has 3 aliphatic carbocycles. The first-order valence-electron chi connectivity index (χ1n) is 9.61. The van der Waals surface area contributed by atoms with Crippen LogP contribution >= 0.6 is 0 Å². The van der Waals surface area contributed by atoms with Crippen molar-refractivity contribution in [2.75, 3.05) is 6.54 Å². The lowest BCUT2D eigenvalue weighted by molar-refractivity contribution is -0.119. The van der Waals surface area contributed by atoms with Crippen LogP contribution in [-0.4, -0.2) is 6.54 Å². The van der Waals surface area contributed by atoms with Gasteiger partial charge in [-0.15, -0.1) is 0 Å². The average molecular weight is 292 g/mol. The van der Waals surface area contributed by atoms with Gasteiger partial charge in [0, 0.05) is 0 Å². The monoisotopic (exact) mass is 291 g/mol. The molecule has 3 fully saturated rings. The molecule has 21 heavy (non-hydrogen) atoms. The number of hydrogen-bond donors (Lipinski definition) is 1. The summed E-state index contributed by atoms with van der Waals surface area (Å²) < 4.78 is 0. The standard InChI is InChI=1S/C20H37N/c1-14(2)15-6-8-17-16(12-15)7-9-18-19(3,13-21)10-5-11-20(17,18)4/h14-18H,5-13,21H2,1-4H3/t15?,16?,17-,18-,19-,20+/m0/s1. The van der Waals surface area contributed by atoms with Crippen LogP contribution in [0.5, 0.6) is 0 Å². The van der Waals surface area contributed by atoms with Gasteiger partial charge < -0.3 is 5.73 Å². The van der Waals surface area contributed by atoms with Gasteiger partial charge in [0.05, 0.1) is 0 Å². The van der Waals surface area contributed by atoms with Gasteiger partial charge in [-0.05, 0) is 91.9 Å². The van der Waals surface area contributed by atoms with Gasteiger partial charge in [-0.25, -0.2) is 0 Å². The highest BCUT2D eigenvalue weighted by Gasteiger charge is 2.56. The summed E-state index contributed by atoms with van der Waals surface area (Å²) in [6.07, 6.45) is 11.7. The topological polar surface area (TPSA) is 26.0 Å². The predicted molar refractivity (Wildman–Crippen MR) is 91.0 cm³/mol. The van der Waals surface area contributed by atoms with E-state index in [1.807, 2.05) is 0 Å². The zero-order valence-electron chi connectivity index (χ0n) is 14.8. The number of rotatable bonds is 2. The van der Waals surface area contributed by atoms with Crippen molar-refractivity contribution in [1.29, 1.82) is 0 Å². The molecular weight excluding hydrogens is 254 g/mol. The van der Waals surface area contributed by atoms with E-state index in [2.05, 4.69) is 27.7 Å². The van der Waals surface area contributed by atoms with E-state index in [1.165, 1.54) is 51.4 Å². The lowest BCUT2D eigenvalue weighted by atomic mass is 9.43. The van der Waals surface area contributed by atoms with E-state index < -0.39 is 0 Å². The molecule has 122 valence electrons. The molecule has 0 bridgehead atoms. The molecule has 0 radical (unpaired) electrons. The molecule has 2 unspecified atom stereocenters. The summed E-state index contributed by atoms with van der Waals surface area (Å²) in [5.74, 6) is 4.79. The summed E-state index contributed by atoms with van der Waals surface area (Å²) in [7, 11) is 0. The summed E-state index contributed by atoms with van der Waals surface area (Å²) in [5, 5.41) is 0. The highest BCUT2D eigenvalue weighted by molar-refractivity contribution is 5.06. The van der Waals surface area contributed by atoms with E-state index in [0.29, 0.717) is 10.8 Å². The SMILES string of the molecule is CC(C)C1CC[C@H]2C(CC[C@H]3[C@](C)(CN)CCC[C@]23C)C1. The lowest BCUT2D eigenvalue weighted by Gasteiger charge is -2.62. The Balaban J connectivity index is 1.82. The Bertz CT molecular complexity index is 376. The van der Waals surface area contributed by atoms with Crippen LogP contribution in [0.15, 0.2) is 0 Å². The fraction of sp³-hybridized carbons (Fsp3) is 1.00. The molecule has 0 aliphatic heterocycles. The number of nitrogens with two attached hydrogens (primary N) is 1. The van der Waals surface area contributed by atoms with Gasteiger partial charge in [-0.2, -0.15) is 0 Å². The molecule has 1 nitrogen and oxygen atoms in total. The minimum atomic E-state index is 0.423. The number of fused-ring (bicyclic) bond motifs is 3. The minimum Gasteiger partial charge on any atom is -0.330 e. The van der Waals surface area contributed by atoms with Crippen LogP contribution in [0.4, 0.5) is 0 Å². The minimum absolute atomic E-state index is 0.423. The van der Waals surface area contributed by atoms with E-state index in [1.54, 1.807) is 0 Å². The van der Waals surface area contributed by atoms with Crippen molar-refractivity contribution in [3.8, 4) is 0 Å². The van der Waals surface area contributed by atoms with Crippen molar-refractivity contribution in [3.63, 3.8) is 0 Å². The van der Waals surface area contributed by atoms with E-state index in [4.69, 9.17) is 5.73 Å². The van der Waals surface area contributed by atoms with Crippen LogP contribution in [0.2, 0.25) is 0 Å². The summed E-state index contributed by atoms with van der Waals surface area (Å²) in [6.45, 7) is 10.9. The average Bonchev–Trinajstić information content (AvgIpc) is 2.46. The van der Waals surface area contributed by atoms with Gasteiger partial charge in [0.15, 0.2) is 0 Å². The second kappa shape index (κ2) is 5.55. The second-order valence-electron chi connectivity index (χ2n) is 9.53. The first-order chi connectivity index (χ1) is 9.90. The maximum absolute atomic E-state index is 6.23. The summed E-state index contributed by atoms with van der Waals surface area (Å²) in [4.78, 5) is 0. The van der Waals surface area contributed by atoms with Crippen LogP contribution in [-0.2, 0) is 0 Å². The molecule has 3 saturated carbocycles. The molecule has 3 aliphatic rings. The Morgan fingerprint density at radius 2 is 1.81 bits per heavy atom. The maximum Gasteiger partial charge on any atom is -0.00203 e. The van der Waals surface area contributed by atoms with Gasteiger partial charge in [0.25, 0.3) is 0 Å². The second-order valence-corrected chi connectivity index (χ2v) is 9.53.